The standard InChI is InChI=1S/C19H16N2O5/c1-2-25-19(24)15-8-3-4-9-16(15)21-17(22)12-26-18(23)14-7-5-6-13(10-14)11-20/h3-10H,2,12H2,1H3,(H,21,22). The van der Waals surface area contributed by atoms with Crippen LogP contribution in [0, 0.1) is 11.3 Å². The Morgan fingerprint density at radius 3 is 2.54 bits per heavy atom. The molecule has 1 N–H and O–H groups in total. The Hall–Kier alpha value is -3.66. The van der Waals surface area contributed by atoms with Gasteiger partial charge in [-0.1, -0.05) is 18.2 Å². The van der Waals surface area contributed by atoms with E-state index in [4.69, 9.17) is 14.7 Å². The van der Waals surface area contributed by atoms with Crippen LogP contribution in [0.4, 0.5) is 5.69 Å². The second-order valence-electron chi connectivity index (χ2n) is 5.08. The second kappa shape index (κ2) is 8.99. The van der Waals surface area contributed by atoms with Crippen LogP contribution >= 0.6 is 0 Å². The molecular formula is C19H16N2O5. The van der Waals surface area contributed by atoms with E-state index in [0.29, 0.717) is 5.56 Å². The topological polar surface area (TPSA) is 105 Å². The van der Waals surface area contributed by atoms with E-state index in [9.17, 15) is 14.4 Å². The van der Waals surface area contributed by atoms with Gasteiger partial charge in [-0.05, 0) is 37.3 Å². The van der Waals surface area contributed by atoms with Crippen molar-refractivity contribution in [3.8, 4) is 6.07 Å². The first kappa shape index (κ1) is 18.7. The van der Waals surface area contributed by atoms with Crippen molar-refractivity contribution >= 4 is 23.5 Å². The van der Waals surface area contributed by atoms with Gasteiger partial charge in [0.05, 0.1) is 35.1 Å². The molecule has 0 aliphatic rings. The van der Waals surface area contributed by atoms with Gasteiger partial charge in [0.15, 0.2) is 6.61 Å². The predicted octanol–water partition coefficient (Wildman–Crippen LogP) is 2.53. The van der Waals surface area contributed by atoms with Crippen molar-refractivity contribution in [3.05, 3.63) is 65.2 Å². The number of nitrogens with one attached hydrogen (secondary N) is 1. The number of hydrogen-bond donors (Lipinski definition) is 1. The van der Waals surface area contributed by atoms with E-state index in [1.54, 1.807) is 37.3 Å². The molecule has 0 saturated heterocycles. The molecule has 0 heterocycles. The number of ether oxygens (including phenoxy) is 2. The Labute approximate surface area is 150 Å². The third-order valence-electron chi connectivity index (χ3n) is 3.26. The summed E-state index contributed by atoms with van der Waals surface area (Å²) in [4.78, 5) is 35.8. The molecule has 0 aliphatic heterocycles. The van der Waals surface area contributed by atoms with Gasteiger partial charge in [0.25, 0.3) is 5.91 Å². The van der Waals surface area contributed by atoms with Crippen LogP contribution in [-0.4, -0.2) is 31.1 Å². The van der Waals surface area contributed by atoms with Crippen LogP contribution in [0.5, 0.6) is 0 Å². The van der Waals surface area contributed by atoms with Crippen molar-refractivity contribution in [2.45, 2.75) is 6.92 Å². The van der Waals surface area contributed by atoms with Gasteiger partial charge in [-0.15, -0.1) is 0 Å². The summed E-state index contributed by atoms with van der Waals surface area (Å²) < 4.78 is 9.86. The predicted molar refractivity (Wildman–Crippen MR) is 92.5 cm³/mol. The maximum atomic E-state index is 12.0. The van der Waals surface area contributed by atoms with Crippen LogP contribution in [0.25, 0.3) is 0 Å². The monoisotopic (exact) mass is 352 g/mol. The molecule has 7 nitrogen and oxygen atoms in total. The minimum Gasteiger partial charge on any atom is -0.462 e. The first-order valence-electron chi connectivity index (χ1n) is 7.78. The Bertz CT molecular complexity index is 870. The fourth-order valence-corrected chi connectivity index (χ4v) is 2.10. The van der Waals surface area contributed by atoms with Gasteiger partial charge in [0.2, 0.25) is 0 Å². The number of anilines is 1. The zero-order valence-corrected chi connectivity index (χ0v) is 14.0. The number of hydrogen-bond acceptors (Lipinski definition) is 6. The quantitative estimate of drug-likeness (QED) is 0.801. The molecule has 0 fully saturated rings. The van der Waals surface area contributed by atoms with Crippen LogP contribution in [0.15, 0.2) is 48.5 Å². The summed E-state index contributed by atoms with van der Waals surface area (Å²) >= 11 is 0. The van der Waals surface area contributed by atoms with Crippen LogP contribution in [0.2, 0.25) is 0 Å². The van der Waals surface area contributed by atoms with Gasteiger partial charge in [0, 0.05) is 0 Å². The molecule has 0 saturated carbocycles. The number of nitrogens with zero attached hydrogens (tertiary/aromatic N) is 1. The molecule has 0 aromatic heterocycles. The summed E-state index contributed by atoms with van der Waals surface area (Å²) in [6.07, 6.45) is 0. The van der Waals surface area contributed by atoms with Gasteiger partial charge < -0.3 is 14.8 Å². The van der Waals surface area contributed by atoms with Gasteiger partial charge in [-0.3, -0.25) is 4.79 Å². The smallest absolute Gasteiger partial charge is 0.340 e. The third kappa shape index (κ3) is 4.92. The van der Waals surface area contributed by atoms with E-state index >= 15 is 0 Å². The van der Waals surface area contributed by atoms with Crippen molar-refractivity contribution < 1.29 is 23.9 Å². The van der Waals surface area contributed by atoms with Crippen LogP contribution in [0.1, 0.15) is 33.2 Å². The molecule has 2 aromatic carbocycles. The maximum Gasteiger partial charge on any atom is 0.340 e. The van der Waals surface area contributed by atoms with Crippen molar-refractivity contribution in [1.29, 1.82) is 5.26 Å². The van der Waals surface area contributed by atoms with Crippen LogP contribution < -0.4 is 5.32 Å². The number of nitriles is 1. The van der Waals surface area contributed by atoms with Crippen molar-refractivity contribution in [1.82, 2.24) is 0 Å². The molecule has 0 bridgehead atoms. The van der Waals surface area contributed by atoms with E-state index in [-0.39, 0.29) is 23.4 Å². The van der Waals surface area contributed by atoms with E-state index in [0.717, 1.165) is 0 Å². The second-order valence-corrected chi connectivity index (χ2v) is 5.08. The molecule has 1 amide bonds. The summed E-state index contributed by atoms with van der Waals surface area (Å²) in [7, 11) is 0. The number of amides is 1. The Morgan fingerprint density at radius 1 is 1.04 bits per heavy atom. The van der Waals surface area contributed by atoms with Gasteiger partial charge in [-0.2, -0.15) is 5.26 Å². The molecular weight excluding hydrogens is 336 g/mol. The Morgan fingerprint density at radius 2 is 1.81 bits per heavy atom. The SMILES string of the molecule is CCOC(=O)c1ccccc1NC(=O)COC(=O)c1cccc(C#N)c1. The van der Waals surface area contributed by atoms with Crippen molar-refractivity contribution in [2.75, 3.05) is 18.5 Å². The highest BCUT2D eigenvalue weighted by Crippen LogP contribution is 2.16. The van der Waals surface area contributed by atoms with Gasteiger partial charge in [-0.25, -0.2) is 9.59 Å². The number of esters is 2. The molecule has 2 aromatic rings. The van der Waals surface area contributed by atoms with E-state index in [1.807, 2.05) is 6.07 Å². The van der Waals surface area contributed by atoms with Crippen molar-refractivity contribution in [3.63, 3.8) is 0 Å². The van der Waals surface area contributed by atoms with Crippen LogP contribution in [0.3, 0.4) is 0 Å². The summed E-state index contributed by atoms with van der Waals surface area (Å²) in [6.45, 7) is 1.35. The maximum absolute atomic E-state index is 12.0. The summed E-state index contributed by atoms with van der Waals surface area (Å²) in [5, 5.41) is 11.3. The zero-order valence-electron chi connectivity index (χ0n) is 14.0. The molecule has 0 spiro atoms. The van der Waals surface area contributed by atoms with Crippen LogP contribution in [-0.2, 0) is 14.3 Å². The summed E-state index contributed by atoms with van der Waals surface area (Å²) in [5.41, 5.74) is 0.949. The fourth-order valence-electron chi connectivity index (χ4n) is 2.10. The zero-order chi connectivity index (χ0) is 18.9. The Kier molecular flexibility index (Phi) is 6.46. The molecule has 0 radical (unpaired) electrons. The Balaban J connectivity index is 1.98. The lowest BCUT2D eigenvalue weighted by atomic mass is 10.1. The molecule has 26 heavy (non-hydrogen) atoms. The largest absolute Gasteiger partial charge is 0.462 e. The van der Waals surface area contributed by atoms with E-state index < -0.39 is 24.5 Å². The average molecular weight is 352 g/mol. The molecule has 132 valence electrons. The number of carbonyl (C=O) groups is 3. The highest BCUT2D eigenvalue weighted by atomic mass is 16.5. The third-order valence-corrected chi connectivity index (χ3v) is 3.26. The molecule has 2 rings (SSSR count). The highest BCUT2D eigenvalue weighted by molar-refractivity contribution is 6.02. The fraction of sp³-hybridized carbons (Fsp3) is 0.158. The number of para-hydroxylation sites is 1. The molecule has 0 aliphatic carbocycles. The van der Waals surface area contributed by atoms with E-state index in [2.05, 4.69) is 5.32 Å². The molecule has 7 heteroatoms. The number of rotatable bonds is 6. The number of carbonyl (C=O) groups excluding carboxylic acids is 3. The molecule has 0 atom stereocenters. The summed E-state index contributed by atoms with van der Waals surface area (Å²) in [5.74, 6) is -1.89. The lowest BCUT2D eigenvalue weighted by molar-refractivity contribution is -0.119. The average Bonchev–Trinajstić information content (AvgIpc) is 2.66. The highest BCUT2D eigenvalue weighted by Gasteiger charge is 2.15. The first-order chi connectivity index (χ1) is 12.5. The van der Waals surface area contributed by atoms with Gasteiger partial charge >= 0.3 is 11.9 Å². The molecule has 0 unspecified atom stereocenters. The van der Waals surface area contributed by atoms with Crippen molar-refractivity contribution in [2.24, 2.45) is 0 Å². The lowest BCUT2D eigenvalue weighted by Crippen LogP contribution is -2.22. The van der Waals surface area contributed by atoms with Gasteiger partial charge in [0.1, 0.15) is 0 Å². The minimum absolute atomic E-state index is 0.170. The first-order valence-corrected chi connectivity index (χ1v) is 7.78. The van der Waals surface area contributed by atoms with E-state index in [1.165, 1.54) is 18.2 Å². The normalized spacial score (nSPS) is 9.69. The minimum atomic E-state index is -0.726. The number of benzene rings is 2. The lowest BCUT2D eigenvalue weighted by Gasteiger charge is -2.10. The summed E-state index contributed by atoms with van der Waals surface area (Å²) in [6, 6.07) is 14.2.